The third-order valence-corrected chi connectivity index (χ3v) is 1.54. The van der Waals surface area contributed by atoms with Gasteiger partial charge in [-0.25, -0.2) is 4.98 Å². The molecule has 0 saturated heterocycles. The molecule has 1 atom stereocenters. The van der Waals surface area contributed by atoms with E-state index in [-0.39, 0.29) is 11.7 Å². The van der Waals surface area contributed by atoms with Crippen LogP contribution in [0.4, 0.5) is 0 Å². The third kappa shape index (κ3) is 1.23. The van der Waals surface area contributed by atoms with Gasteiger partial charge in [-0.15, -0.1) is 0 Å². The fourth-order valence-corrected chi connectivity index (χ4v) is 0.707. The maximum Gasteiger partial charge on any atom is 0.140 e. The van der Waals surface area contributed by atoms with Crippen molar-refractivity contribution in [3.8, 4) is 0 Å². The number of aromatic amines is 1. The first-order chi connectivity index (χ1) is 4.72. The molecule has 3 heteroatoms. The molecule has 0 spiro atoms. The first-order valence-electron chi connectivity index (χ1n) is 3.21. The molecule has 3 nitrogen and oxygen atoms in total. The van der Waals surface area contributed by atoms with Crippen molar-refractivity contribution in [2.45, 2.75) is 19.8 Å². The molecule has 0 aliphatic rings. The lowest BCUT2D eigenvalue weighted by atomic mass is 10.1. The topological polar surface area (TPSA) is 45.8 Å². The van der Waals surface area contributed by atoms with E-state index < -0.39 is 0 Å². The van der Waals surface area contributed by atoms with Gasteiger partial charge in [-0.2, -0.15) is 0 Å². The van der Waals surface area contributed by atoms with E-state index in [2.05, 4.69) is 9.97 Å². The fourth-order valence-electron chi connectivity index (χ4n) is 0.707. The number of hydrogen-bond donors (Lipinski definition) is 1. The Morgan fingerprint density at radius 2 is 2.50 bits per heavy atom. The number of nitrogens with one attached hydrogen (secondary N) is 1. The fraction of sp³-hybridized carbons (Fsp3) is 0.429. The van der Waals surface area contributed by atoms with Gasteiger partial charge in [-0.1, -0.05) is 0 Å². The number of rotatable bonds is 2. The summed E-state index contributed by atoms with van der Waals surface area (Å²) in [4.78, 5) is 17.6. The van der Waals surface area contributed by atoms with Crippen molar-refractivity contribution >= 4 is 5.78 Å². The van der Waals surface area contributed by atoms with Gasteiger partial charge in [0.05, 0.1) is 5.92 Å². The predicted molar refractivity (Wildman–Crippen MR) is 37.7 cm³/mol. The summed E-state index contributed by atoms with van der Waals surface area (Å²) in [6, 6.07) is 0. The Hall–Kier alpha value is -1.12. The second-order valence-corrected chi connectivity index (χ2v) is 2.31. The van der Waals surface area contributed by atoms with Gasteiger partial charge in [0.15, 0.2) is 0 Å². The van der Waals surface area contributed by atoms with Crippen LogP contribution in [-0.2, 0) is 4.79 Å². The number of H-pyrrole nitrogens is 1. The Balaban J connectivity index is 2.77. The minimum atomic E-state index is -0.102. The molecule has 1 N–H and O–H groups in total. The molecule has 1 aromatic rings. The Kier molecular flexibility index (Phi) is 1.85. The van der Waals surface area contributed by atoms with Gasteiger partial charge in [-0.05, 0) is 13.8 Å². The summed E-state index contributed by atoms with van der Waals surface area (Å²) >= 11 is 0. The zero-order valence-corrected chi connectivity index (χ0v) is 6.09. The molecule has 0 aromatic carbocycles. The summed E-state index contributed by atoms with van der Waals surface area (Å²) in [7, 11) is 0. The molecule has 0 amide bonds. The summed E-state index contributed by atoms with van der Waals surface area (Å²) < 4.78 is 0. The van der Waals surface area contributed by atoms with E-state index in [1.165, 1.54) is 0 Å². The summed E-state index contributed by atoms with van der Waals surface area (Å²) in [6.07, 6.45) is 3.36. The van der Waals surface area contributed by atoms with Crippen molar-refractivity contribution in [1.82, 2.24) is 9.97 Å². The number of Topliss-reactive ketones (excluding diaryl/α,β-unsaturated/α-hetero) is 1. The molecular weight excluding hydrogens is 128 g/mol. The van der Waals surface area contributed by atoms with E-state index in [4.69, 9.17) is 0 Å². The molecule has 0 aliphatic heterocycles. The van der Waals surface area contributed by atoms with Gasteiger partial charge >= 0.3 is 0 Å². The van der Waals surface area contributed by atoms with Gasteiger partial charge in [0.25, 0.3) is 0 Å². The highest BCUT2D eigenvalue weighted by atomic mass is 16.1. The average molecular weight is 138 g/mol. The third-order valence-electron chi connectivity index (χ3n) is 1.54. The van der Waals surface area contributed by atoms with Crippen molar-refractivity contribution in [3.63, 3.8) is 0 Å². The molecule has 0 fully saturated rings. The highest BCUT2D eigenvalue weighted by molar-refractivity contribution is 5.81. The van der Waals surface area contributed by atoms with Crippen LogP contribution in [0.5, 0.6) is 0 Å². The highest BCUT2D eigenvalue weighted by Gasteiger charge is 2.11. The lowest BCUT2D eigenvalue weighted by Crippen LogP contribution is -2.05. The zero-order chi connectivity index (χ0) is 7.56. The molecule has 0 radical (unpaired) electrons. The van der Waals surface area contributed by atoms with Crippen LogP contribution < -0.4 is 0 Å². The molecule has 0 bridgehead atoms. The smallest absolute Gasteiger partial charge is 0.140 e. The van der Waals surface area contributed by atoms with Crippen LogP contribution in [0, 0.1) is 0 Å². The molecule has 10 heavy (non-hydrogen) atoms. The number of nitrogens with zero attached hydrogens (tertiary/aromatic N) is 1. The van der Waals surface area contributed by atoms with Crippen LogP contribution in [0.25, 0.3) is 0 Å². The van der Waals surface area contributed by atoms with E-state index in [1.54, 1.807) is 19.3 Å². The summed E-state index contributed by atoms with van der Waals surface area (Å²) in [5.41, 5.74) is 0. The van der Waals surface area contributed by atoms with Crippen molar-refractivity contribution in [2.24, 2.45) is 0 Å². The Labute approximate surface area is 59.5 Å². The average Bonchev–Trinajstić information content (AvgIpc) is 2.36. The van der Waals surface area contributed by atoms with E-state index in [9.17, 15) is 4.79 Å². The van der Waals surface area contributed by atoms with E-state index >= 15 is 0 Å². The van der Waals surface area contributed by atoms with Crippen LogP contribution >= 0.6 is 0 Å². The maximum absolute atomic E-state index is 10.8. The molecular formula is C7H10N2O. The second-order valence-electron chi connectivity index (χ2n) is 2.31. The molecule has 1 aromatic heterocycles. The largest absolute Gasteiger partial charge is 0.348 e. The minimum Gasteiger partial charge on any atom is -0.348 e. The summed E-state index contributed by atoms with van der Waals surface area (Å²) in [5.74, 6) is 0.775. The second kappa shape index (κ2) is 2.64. The maximum atomic E-state index is 10.8. The van der Waals surface area contributed by atoms with Crippen molar-refractivity contribution in [3.05, 3.63) is 18.2 Å². The van der Waals surface area contributed by atoms with Crippen molar-refractivity contribution in [1.29, 1.82) is 0 Å². The lowest BCUT2D eigenvalue weighted by Gasteiger charge is -2.00. The molecule has 54 valence electrons. The molecule has 1 unspecified atom stereocenters. The standard InChI is InChI=1S/C7H10N2O/c1-5(6(2)10)7-8-3-4-9-7/h3-5H,1-2H3,(H,8,9). The number of carbonyl (C=O) groups excluding carboxylic acids is 1. The minimum absolute atomic E-state index is 0.102. The summed E-state index contributed by atoms with van der Waals surface area (Å²) in [6.45, 7) is 3.40. The Bertz CT molecular complexity index is 216. The summed E-state index contributed by atoms with van der Waals surface area (Å²) in [5, 5.41) is 0. The molecule has 1 heterocycles. The van der Waals surface area contributed by atoms with E-state index in [0.717, 1.165) is 5.82 Å². The van der Waals surface area contributed by atoms with Gasteiger partial charge in [0, 0.05) is 12.4 Å². The quantitative estimate of drug-likeness (QED) is 0.665. The van der Waals surface area contributed by atoms with Crippen molar-refractivity contribution in [2.75, 3.05) is 0 Å². The number of ketones is 1. The van der Waals surface area contributed by atoms with Gasteiger partial charge < -0.3 is 4.98 Å². The molecule has 0 saturated carbocycles. The Morgan fingerprint density at radius 1 is 1.80 bits per heavy atom. The Morgan fingerprint density at radius 3 is 2.90 bits per heavy atom. The number of hydrogen-bond acceptors (Lipinski definition) is 2. The van der Waals surface area contributed by atoms with Gasteiger partial charge in [0.2, 0.25) is 0 Å². The highest BCUT2D eigenvalue weighted by Crippen LogP contribution is 2.09. The normalized spacial score (nSPS) is 13.0. The lowest BCUT2D eigenvalue weighted by molar-refractivity contribution is -0.118. The van der Waals surface area contributed by atoms with Crippen LogP contribution in [0.3, 0.4) is 0 Å². The van der Waals surface area contributed by atoms with E-state index in [0.29, 0.717) is 0 Å². The number of imidazole rings is 1. The van der Waals surface area contributed by atoms with Gasteiger partial charge in [0.1, 0.15) is 11.6 Å². The first kappa shape index (κ1) is 6.99. The van der Waals surface area contributed by atoms with E-state index in [1.807, 2.05) is 6.92 Å². The van der Waals surface area contributed by atoms with Crippen LogP contribution in [0.2, 0.25) is 0 Å². The van der Waals surface area contributed by atoms with Gasteiger partial charge in [-0.3, -0.25) is 4.79 Å². The zero-order valence-electron chi connectivity index (χ0n) is 6.09. The molecule has 1 rings (SSSR count). The van der Waals surface area contributed by atoms with Crippen LogP contribution in [0.1, 0.15) is 25.6 Å². The number of carbonyl (C=O) groups is 1. The van der Waals surface area contributed by atoms with Crippen molar-refractivity contribution < 1.29 is 4.79 Å². The van der Waals surface area contributed by atoms with Crippen LogP contribution in [-0.4, -0.2) is 15.8 Å². The monoisotopic (exact) mass is 138 g/mol. The first-order valence-corrected chi connectivity index (χ1v) is 3.21. The molecule has 0 aliphatic carbocycles. The number of aromatic nitrogens is 2. The van der Waals surface area contributed by atoms with Crippen LogP contribution in [0.15, 0.2) is 12.4 Å². The SMILES string of the molecule is CC(=O)C(C)c1ncc[nH]1. The predicted octanol–water partition coefficient (Wildman–Crippen LogP) is 1.10.